The van der Waals surface area contributed by atoms with Crippen LogP contribution in [0.25, 0.3) is 0 Å². The lowest BCUT2D eigenvalue weighted by Gasteiger charge is -2.23. The average Bonchev–Trinajstić information content (AvgIpc) is 2.80. The first kappa shape index (κ1) is 22.8. The molecule has 0 bridgehead atoms. The first-order valence-corrected chi connectivity index (χ1v) is 10.2. The number of carbonyl (C=O) groups is 2. The second-order valence-electron chi connectivity index (χ2n) is 7.30. The maximum atomic E-state index is 12.6. The van der Waals surface area contributed by atoms with Gasteiger partial charge in [-0.25, -0.2) is 0 Å². The largest absolute Gasteiger partial charge is 0.497 e. The molecule has 0 heterocycles. The average molecular weight is 434 g/mol. The third kappa shape index (κ3) is 6.58. The van der Waals surface area contributed by atoms with Gasteiger partial charge in [0, 0.05) is 17.4 Å². The summed E-state index contributed by atoms with van der Waals surface area (Å²) < 4.78 is 10.9. The lowest BCUT2D eigenvalue weighted by atomic mass is 10.2. The second kappa shape index (κ2) is 11.0. The Morgan fingerprint density at radius 1 is 0.844 bits per heavy atom. The molecule has 3 rings (SSSR count). The molecule has 0 radical (unpaired) electrons. The van der Waals surface area contributed by atoms with Gasteiger partial charge in [-0.05, 0) is 62.5 Å². The van der Waals surface area contributed by atoms with Gasteiger partial charge in [-0.3, -0.25) is 14.5 Å². The minimum Gasteiger partial charge on any atom is -0.497 e. The van der Waals surface area contributed by atoms with Crippen LogP contribution in [-0.2, 0) is 9.59 Å². The maximum absolute atomic E-state index is 12.6. The molecule has 3 aromatic carbocycles. The van der Waals surface area contributed by atoms with E-state index >= 15 is 0 Å². The van der Waals surface area contributed by atoms with Gasteiger partial charge >= 0.3 is 0 Å². The van der Waals surface area contributed by atoms with Crippen molar-refractivity contribution in [1.82, 2.24) is 4.90 Å². The number of nitrogens with zero attached hydrogens (tertiary/aromatic N) is 1. The van der Waals surface area contributed by atoms with Crippen molar-refractivity contribution in [3.05, 3.63) is 78.9 Å². The standard InChI is InChI=1S/C25H27N3O4/c1-18(28(2)17-24(29)26-20-8-7-11-23(16-20)31-3)25(30)27-19-12-14-22(15-13-19)32-21-9-5-4-6-10-21/h4-16,18H,17H2,1-3H3,(H,26,29)(H,27,30). The number of ether oxygens (including phenoxy) is 2. The third-order valence-corrected chi connectivity index (χ3v) is 4.89. The van der Waals surface area contributed by atoms with E-state index in [1.54, 1.807) is 74.5 Å². The number of anilines is 2. The van der Waals surface area contributed by atoms with Crippen molar-refractivity contribution in [2.24, 2.45) is 0 Å². The van der Waals surface area contributed by atoms with Gasteiger partial charge < -0.3 is 20.1 Å². The van der Waals surface area contributed by atoms with Crippen LogP contribution < -0.4 is 20.1 Å². The fourth-order valence-corrected chi connectivity index (χ4v) is 2.94. The maximum Gasteiger partial charge on any atom is 0.241 e. The minimum atomic E-state index is -0.508. The summed E-state index contributed by atoms with van der Waals surface area (Å²) in [5.74, 6) is 1.64. The zero-order valence-electron chi connectivity index (χ0n) is 18.4. The van der Waals surface area contributed by atoms with E-state index in [0.29, 0.717) is 22.9 Å². The first-order chi connectivity index (χ1) is 15.4. The normalized spacial score (nSPS) is 11.5. The van der Waals surface area contributed by atoms with Crippen LogP contribution in [0, 0.1) is 0 Å². The molecule has 1 unspecified atom stereocenters. The van der Waals surface area contributed by atoms with E-state index in [4.69, 9.17) is 9.47 Å². The van der Waals surface area contributed by atoms with E-state index in [9.17, 15) is 9.59 Å². The molecule has 1 atom stereocenters. The van der Waals surface area contributed by atoms with Crippen LogP contribution in [0.3, 0.4) is 0 Å². The summed E-state index contributed by atoms with van der Waals surface area (Å²) >= 11 is 0. The van der Waals surface area contributed by atoms with E-state index in [-0.39, 0.29) is 18.4 Å². The molecule has 0 aliphatic carbocycles. The molecule has 0 fully saturated rings. The Kier molecular flexibility index (Phi) is 7.83. The third-order valence-electron chi connectivity index (χ3n) is 4.89. The first-order valence-electron chi connectivity index (χ1n) is 10.2. The molecule has 3 aromatic rings. The fourth-order valence-electron chi connectivity index (χ4n) is 2.94. The Morgan fingerprint density at radius 3 is 2.19 bits per heavy atom. The highest BCUT2D eigenvalue weighted by Crippen LogP contribution is 2.23. The number of hydrogen-bond acceptors (Lipinski definition) is 5. The molecule has 0 saturated heterocycles. The van der Waals surface area contributed by atoms with Gasteiger partial charge in [0.25, 0.3) is 0 Å². The number of benzene rings is 3. The van der Waals surface area contributed by atoms with Gasteiger partial charge in [-0.2, -0.15) is 0 Å². The summed E-state index contributed by atoms with van der Waals surface area (Å²) in [6.45, 7) is 1.82. The molecular formula is C25H27N3O4. The predicted molar refractivity (Wildman–Crippen MR) is 125 cm³/mol. The van der Waals surface area contributed by atoms with Crippen LogP contribution in [-0.4, -0.2) is 43.5 Å². The number of nitrogens with one attached hydrogen (secondary N) is 2. The molecule has 32 heavy (non-hydrogen) atoms. The van der Waals surface area contributed by atoms with E-state index in [0.717, 1.165) is 5.75 Å². The highest BCUT2D eigenvalue weighted by molar-refractivity contribution is 5.96. The number of amides is 2. The summed E-state index contributed by atoms with van der Waals surface area (Å²) in [7, 11) is 3.30. The van der Waals surface area contributed by atoms with Crippen LogP contribution in [0.4, 0.5) is 11.4 Å². The number of carbonyl (C=O) groups excluding carboxylic acids is 2. The number of para-hydroxylation sites is 1. The van der Waals surface area contributed by atoms with Crippen LogP contribution in [0.2, 0.25) is 0 Å². The van der Waals surface area contributed by atoms with Crippen molar-refractivity contribution in [2.75, 3.05) is 31.3 Å². The molecule has 2 N–H and O–H groups in total. The lowest BCUT2D eigenvalue weighted by Crippen LogP contribution is -2.43. The zero-order valence-corrected chi connectivity index (χ0v) is 18.4. The summed E-state index contributed by atoms with van der Waals surface area (Å²) in [4.78, 5) is 26.7. The molecule has 0 aliphatic heterocycles. The summed E-state index contributed by atoms with van der Waals surface area (Å²) in [6, 6.07) is 23.2. The molecule has 2 amide bonds. The quantitative estimate of drug-likeness (QED) is 0.523. The Balaban J connectivity index is 1.50. The van der Waals surface area contributed by atoms with Crippen LogP contribution in [0.15, 0.2) is 78.9 Å². The van der Waals surface area contributed by atoms with E-state index in [1.807, 2.05) is 30.3 Å². The summed E-state index contributed by atoms with van der Waals surface area (Å²) in [5, 5.41) is 5.68. The van der Waals surface area contributed by atoms with Crippen molar-refractivity contribution in [3.63, 3.8) is 0 Å². The Labute approximate surface area is 188 Å². The van der Waals surface area contributed by atoms with Crippen LogP contribution in [0.1, 0.15) is 6.92 Å². The molecule has 7 heteroatoms. The number of rotatable bonds is 9. The van der Waals surface area contributed by atoms with Crippen LogP contribution in [0.5, 0.6) is 17.2 Å². The molecule has 7 nitrogen and oxygen atoms in total. The number of methoxy groups -OCH3 is 1. The minimum absolute atomic E-state index is 0.0651. The molecule has 0 saturated carbocycles. The van der Waals surface area contributed by atoms with Gasteiger partial charge in [-0.1, -0.05) is 24.3 Å². The van der Waals surface area contributed by atoms with Crippen molar-refractivity contribution in [2.45, 2.75) is 13.0 Å². The fraction of sp³-hybridized carbons (Fsp3) is 0.200. The van der Waals surface area contributed by atoms with Crippen LogP contribution >= 0.6 is 0 Å². The second-order valence-corrected chi connectivity index (χ2v) is 7.30. The van der Waals surface area contributed by atoms with E-state index in [1.165, 1.54) is 0 Å². The van der Waals surface area contributed by atoms with E-state index < -0.39 is 6.04 Å². The van der Waals surface area contributed by atoms with E-state index in [2.05, 4.69) is 10.6 Å². The Bertz CT molecular complexity index is 1040. The topological polar surface area (TPSA) is 79.9 Å². The van der Waals surface area contributed by atoms with Crippen molar-refractivity contribution >= 4 is 23.2 Å². The number of likely N-dealkylation sites (N-methyl/N-ethyl adjacent to an activating group) is 1. The van der Waals surface area contributed by atoms with Crippen molar-refractivity contribution in [3.8, 4) is 17.2 Å². The Morgan fingerprint density at radius 2 is 1.50 bits per heavy atom. The Hall–Kier alpha value is -3.84. The lowest BCUT2D eigenvalue weighted by molar-refractivity contribution is -0.122. The summed E-state index contributed by atoms with van der Waals surface area (Å²) in [6.07, 6.45) is 0. The molecule has 0 spiro atoms. The van der Waals surface area contributed by atoms with Crippen molar-refractivity contribution < 1.29 is 19.1 Å². The van der Waals surface area contributed by atoms with Crippen molar-refractivity contribution in [1.29, 1.82) is 0 Å². The van der Waals surface area contributed by atoms with Gasteiger partial charge in [0.05, 0.1) is 19.7 Å². The monoisotopic (exact) mass is 433 g/mol. The predicted octanol–water partition coefficient (Wildman–Crippen LogP) is 4.39. The zero-order chi connectivity index (χ0) is 22.9. The van der Waals surface area contributed by atoms with Gasteiger partial charge in [0.15, 0.2) is 0 Å². The smallest absolute Gasteiger partial charge is 0.241 e. The molecule has 166 valence electrons. The van der Waals surface area contributed by atoms with Gasteiger partial charge in [0.2, 0.25) is 11.8 Å². The molecular weight excluding hydrogens is 406 g/mol. The van der Waals surface area contributed by atoms with Gasteiger partial charge in [-0.15, -0.1) is 0 Å². The number of hydrogen-bond donors (Lipinski definition) is 2. The SMILES string of the molecule is COc1cccc(NC(=O)CN(C)C(C)C(=O)Nc2ccc(Oc3ccccc3)cc2)c1. The van der Waals surface area contributed by atoms with Gasteiger partial charge in [0.1, 0.15) is 17.2 Å². The summed E-state index contributed by atoms with van der Waals surface area (Å²) in [5.41, 5.74) is 1.29. The highest BCUT2D eigenvalue weighted by atomic mass is 16.5. The molecule has 0 aromatic heterocycles. The highest BCUT2D eigenvalue weighted by Gasteiger charge is 2.20. The molecule has 0 aliphatic rings.